The first-order valence-electron chi connectivity index (χ1n) is 27.1. The van der Waals surface area contributed by atoms with Crippen molar-refractivity contribution in [1.29, 1.82) is 0 Å². The molecule has 10 aromatic carbocycles. The predicted molar refractivity (Wildman–Crippen MR) is 310 cm³/mol. The lowest BCUT2D eigenvalue weighted by molar-refractivity contribution is 0.723. The molecule has 12 rings (SSSR count). The summed E-state index contributed by atoms with van der Waals surface area (Å²) in [4.78, 5) is 5.36. The number of para-hydroxylation sites is 2. The second-order valence-electron chi connectivity index (χ2n) is 21.8. The maximum Gasteiger partial charge on any atom is 0.0543 e. The van der Waals surface area contributed by atoms with Gasteiger partial charge in [0.25, 0.3) is 0 Å². The molecule has 0 amide bonds. The SMILES string of the molecule is Cc1ccc(-c2ccccc2)cc1N(c1ccccc1C1CCCC1)c1cc(C(C)C)c2ccc3c(N(c4cc(-c5ccccc5)ccc4C)c4ccccc4C4CCCC4)cc(C(C)C)c4ccc1c2c43. The Balaban J connectivity index is 1.19. The highest BCUT2D eigenvalue weighted by atomic mass is 15.2. The fraction of sp³-hybridized carbons (Fsp3) is 0.257. The van der Waals surface area contributed by atoms with Gasteiger partial charge in [-0.1, -0.05) is 199 Å². The van der Waals surface area contributed by atoms with E-state index < -0.39 is 0 Å². The maximum atomic E-state index is 2.68. The molecule has 0 unspecified atom stereocenters. The molecule has 0 atom stereocenters. The van der Waals surface area contributed by atoms with Gasteiger partial charge in [0.2, 0.25) is 0 Å². The lowest BCUT2D eigenvalue weighted by Crippen LogP contribution is -2.16. The van der Waals surface area contributed by atoms with Crippen LogP contribution in [-0.2, 0) is 0 Å². The molecule has 0 saturated heterocycles. The number of hydrogen-bond acceptors (Lipinski definition) is 2. The minimum Gasteiger partial charge on any atom is -0.309 e. The van der Waals surface area contributed by atoms with E-state index in [2.05, 4.69) is 233 Å². The Kier molecular flexibility index (Phi) is 12.2. The predicted octanol–water partition coefficient (Wildman–Crippen LogP) is 21.0. The number of nitrogens with zero attached hydrogens (tertiary/aromatic N) is 2. The van der Waals surface area contributed by atoms with Crippen molar-refractivity contribution in [3.8, 4) is 22.3 Å². The van der Waals surface area contributed by atoms with Gasteiger partial charge in [-0.05, 0) is 177 Å². The van der Waals surface area contributed by atoms with Crippen LogP contribution >= 0.6 is 0 Å². The zero-order valence-electron chi connectivity index (χ0n) is 43.2. The van der Waals surface area contributed by atoms with Crippen molar-refractivity contribution in [3.63, 3.8) is 0 Å². The van der Waals surface area contributed by atoms with Crippen LogP contribution in [0.25, 0.3) is 54.6 Å². The second kappa shape index (κ2) is 19.1. The fourth-order valence-corrected chi connectivity index (χ4v) is 13.0. The zero-order valence-corrected chi connectivity index (χ0v) is 43.2. The maximum absolute atomic E-state index is 2.68. The number of benzene rings is 10. The number of rotatable bonds is 12. The summed E-state index contributed by atoms with van der Waals surface area (Å²) in [5.74, 6) is 1.64. The summed E-state index contributed by atoms with van der Waals surface area (Å²) in [6.07, 6.45) is 10.1. The van der Waals surface area contributed by atoms with Crippen LogP contribution in [0.2, 0.25) is 0 Å². The molecule has 0 bridgehead atoms. The van der Waals surface area contributed by atoms with Gasteiger partial charge < -0.3 is 9.80 Å². The normalized spacial score (nSPS) is 14.5. The van der Waals surface area contributed by atoms with Crippen LogP contribution in [0.1, 0.15) is 136 Å². The van der Waals surface area contributed by atoms with Crippen LogP contribution in [0.15, 0.2) is 182 Å². The van der Waals surface area contributed by atoms with Gasteiger partial charge in [0, 0.05) is 33.5 Å². The lowest BCUT2D eigenvalue weighted by Gasteiger charge is -2.34. The summed E-state index contributed by atoms with van der Waals surface area (Å²) < 4.78 is 0. The van der Waals surface area contributed by atoms with Crippen molar-refractivity contribution >= 4 is 66.4 Å². The molecular formula is C70H68N2. The second-order valence-corrected chi connectivity index (χ2v) is 21.8. The number of aryl methyl sites for hydroxylation is 2. The van der Waals surface area contributed by atoms with Gasteiger partial charge in [0.1, 0.15) is 0 Å². The summed E-state index contributed by atoms with van der Waals surface area (Å²) in [5, 5.41) is 8.04. The molecule has 0 heterocycles. The summed E-state index contributed by atoms with van der Waals surface area (Å²) >= 11 is 0. The molecule has 10 aromatic rings. The van der Waals surface area contributed by atoms with Gasteiger partial charge in [-0.3, -0.25) is 0 Å². The van der Waals surface area contributed by atoms with Crippen molar-refractivity contribution in [2.45, 2.75) is 117 Å². The molecule has 0 spiro atoms. The van der Waals surface area contributed by atoms with Crippen LogP contribution in [-0.4, -0.2) is 0 Å². The number of hydrogen-bond donors (Lipinski definition) is 0. The topological polar surface area (TPSA) is 6.48 Å². The van der Waals surface area contributed by atoms with E-state index in [1.54, 1.807) is 0 Å². The van der Waals surface area contributed by atoms with E-state index in [1.165, 1.54) is 173 Å². The molecule has 2 heteroatoms. The van der Waals surface area contributed by atoms with Crippen LogP contribution in [0.3, 0.4) is 0 Å². The summed E-state index contributed by atoms with van der Waals surface area (Å²) in [7, 11) is 0. The third-order valence-corrected chi connectivity index (χ3v) is 16.7. The first kappa shape index (κ1) is 45.9. The van der Waals surface area contributed by atoms with Crippen LogP contribution in [0.5, 0.6) is 0 Å². The van der Waals surface area contributed by atoms with E-state index in [1.807, 2.05) is 0 Å². The Hall–Kier alpha value is -7.16. The molecule has 2 aliphatic carbocycles. The van der Waals surface area contributed by atoms with E-state index in [0.29, 0.717) is 23.7 Å². The highest BCUT2D eigenvalue weighted by Crippen LogP contribution is 2.54. The molecule has 72 heavy (non-hydrogen) atoms. The third kappa shape index (κ3) is 8.04. The van der Waals surface area contributed by atoms with Crippen LogP contribution in [0, 0.1) is 13.8 Å². The largest absolute Gasteiger partial charge is 0.309 e. The van der Waals surface area contributed by atoms with Crippen molar-refractivity contribution < 1.29 is 0 Å². The molecule has 2 saturated carbocycles. The van der Waals surface area contributed by atoms with Crippen LogP contribution < -0.4 is 9.80 Å². The van der Waals surface area contributed by atoms with Gasteiger partial charge in [-0.2, -0.15) is 0 Å². The molecular weight excluding hydrogens is 869 g/mol. The summed E-state index contributed by atoms with van der Waals surface area (Å²) in [6, 6.07) is 69.9. The molecule has 2 aliphatic rings. The van der Waals surface area contributed by atoms with Crippen molar-refractivity contribution in [2.75, 3.05) is 9.80 Å². The quantitative estimate of drug-likeness (QED) is 0.113. The Morgan fingerprint density at radius 2 is 0.694 bits per heavy atom. The molecule has 0 radical (unpaired) electrons. The lowest BCUT2D eigenvalue weighted by atomic mass is 9.83. The Morgan fingerprint density at radius 1 is 0.333 bits per heavy atom. The molecule has 358 valence electrons. The smallest absolute Gasteiger partial charge is 0.0543 e. The first-order chi connectivity index (χ1) is 35.2. The fourth-order valence-electron chi connectivity index (χ4n) is 13.0. The molecule has 2 fully saturated rings. The van der Waals surface area contributed by atoms with Crippen LogP contribution in [0.4, 0.5) is 34.1 Å². The molecule has 0 aromatic heterocycles. The van der Waals surface area contributed by atoms with Gasteiger partial charge >= 0.3 is 0 Å². The first-order valence-corrected chi connectivity index (χ1v) is 27.1. The molecule has 0 aliphatic heterocycles. The van der Waals surface area contributed by atoms with E-state index in [0.717, 1.165) is 0 Å². The van der Waals surface area contributed by atoms with Gasteiger partial charge in [0.15, 0.2) is 0 Å². The van der Waals surface area contributed by atoms with E-state index in [-0.39, 0.29) is 0 Å². The van der Waals surface area contributed by atoms with Gasteiger partial charge in [-0.25, -0.2) is 0 Å². The average molecular weight is 937 g/mol. The Bertz CT molecular complexity index is 3330. The highest BCUT2D eigenvalue weighted by Gasteiger charge is 2.31. The minimum absolute atomic E-state index is 0.291. The summed E-state index contributed by atoms with van der Waals surface area (Å²) in [6.45, 7) is 14.2. The molecule has 2 nitrogen and oxygen atoms in total. The van der Waals surface area contributed by atoms with Gasteiger partial charge in [0.05, 0.1) is 11.4 Å². The van der Waals surface area contributed by atoms with Crippen molar-refractivity contribution in [2.24, 2.45) is 0 Å². The van der Waals surface area contributed by atoms with E-state index in [4.69, 9.17) is 0 Å². The average Bonchev–Trinajstić information content (AvgIpc) is 4.17. The zero-order chi connectivity index (χ0) is 49.0. The third-order valence-electron chi connectivity index (χ3n) is 16.7. The monoisotopic (exact) mass is 937 g/mol. The van der Waals surface area contributed by atoms with E-state index >= 15 is 0 Å². The van der Waals surface area contributed by atoms with Crippen molar-refractivity contribution in [3.05, 3.63) is 215 Å². The van der Waals surface area contributed by atoms with Gasteiger partial charge in [-0.15, -0.1) is 0 Å². The minimum atomic E-state index is 0.291. The standard InChI is InChI=1S/C70H68N2/c1-45(2)61-43-67(71(63-31-19-17-29-55(63)51-25-13-14-26-51)65-41-53(35-33-47(65)5)49-21-9-7-10-22-49)59-40-38-58-62(46(3)4)44-68(60-39-37-57(61)69(59)70(58)60)72(64-32-20-18-30-56(64)52-27-15-16-28-52)66-42-54(36-34-48(66)6)50-23-11-8-12-24-50/h7-12,17-24,29-46,51-52H,13-16,25-28H2,1-6H3. The Morgan fingerprint density at radius 3 is 1.08 bits per heavy atom. The summed E-state index contributed by atoms with van der Waals surface area (Å²) in [5.41, 5.74) is 20.7. The van der Waals surface area contributed by atoms with Crippen molar-refractivity contribution in [1.82, 2.24) is 0 Å². The number of anilines is 6. The highest BCUT2D eigenvalue weighted by molar-refractivity contribution is 6.29. The Labute approximate surface area is 428 Å². The van der Waals surface area contributed by atoms with E-state index in [9.17, 15) is 0 Å². The molecule has 0 N–H and O–H groups in total.